The summed E-state index contributed by atoms with van der Waals surface area (Å²) >= 11 is 0. The lowest BCUT2D eigenvalue weighted by molar-refractivity contribution is 0.0639. The number of hydrogen-bond acceptors (Lipinski definition) is 3. The van der Waals surface area contributed by atoms with Crippen LogP contribution in [-0.2, 0) is 6.54 Å². The van der Waals surface area contributed by atoms with Crippen molar-refractivity contribution >= 4 is 16.8 Å². The Bertz CT molecular complexity index is 754. The SMILES string of the molecule is CCCN1CCN(C(=O)c2cccc3[nH]cc(CN4CCCC4)c23)CC1. The van der Waals surface area contributed by atoms with Gasteiger partial charge in [0.2, 0.25) is 0 Å². The second-order valence-electron chi connectivity index (χ2n) is 7.66. The Morgan fingerprint density at radius 2 is 1.81 bits per heavy atom. The number of fused-ring (bicyclic) bond motifs is 1. The molecule has 2 aromatic rings. The molecule has 0 atom stereocenters. The second-order valence-corrected chi connectivity index (χ2v) is 7.66. The maximum Gasteiger partial charge on any atom is 0.254 e. The summed E-state index contributed by atoms with van der Waals surface area (Å²) in [5, 5.41) is 1.13. The molecular weight excluding hydrogens is 324 g/mol. The Hall–Kier alpha value is -1.85. The summed E-state index contributed by atoms with van der Waals surface area (Å²) in [7, 11) is 0. The molecular formula is C21H30N4O. The molecule has 0 unspecified atom stereocenters. The van der Waals surface area contributed by atoms with Crippen molar-refractivity contribution in [2.24, 2.45) is 0 Å². The quantitative estimate of drug-likeness (QED) is 0.898. The van der Waals surface area contributed by atoms with E-state index < -0.39 is 0 Å². The van der Waals surface area contributed by atoms with Gasteiger partial charge in [-0.05, 0) is 56.6 Å². The zero-order valence-corrected chi connectivity index (χ0v) is 15.8. The van der Waals surface area contributed by atoms with Gasteiger partial charge in [0.05, 0.1) is 0 Å². The third-order valence-corrected chi connectivity index (χ3v) is 5.81. The number of aromatic amines is 1. The zero-order chi connectivity index (χ0) is 17.9. The number of H-pyrrole nitrogens is 1. The largest absolute Gasteiger partial charge is 0.361 e. The Kier molecular flexibility index (Phi) is 5.27. The number of nitrogens with one attached hydrogen (secondary N) is 1. The van der Waals surface area contributed by atoms with E-state index in [-0.39, 0.29) is 5.91 Å². The topological polar surface area (TPSA) is 42.6 Å². The van der Waals surface area contributed by atoms with Gasteiger partial charge < -0.3 is 9.88 Å². The fourth-order valence-electron chi connectivity index (χ4n) is 4.40. The monoisotopic (exact) mass is 354 g/mol. The number of aromatic nitrogens is 1. The molecule has 3 heterocycles. The highest BCUT2D eigenvalue weighted by molar-refractivity contribution is 6.07. The Morgan fingerprint density at radius 1 is 1.04 bits per heavy atom. The van der Waals surface area contributed by atoms with E-state index >= 15 is 0 Å². The summed E-state index contributed by atoms with van der Waals surface area (Å²) in [5.74, 6) is 0.189. The van der Waals surface area contributed by atoms with Crippen molar-refractivity contribution in [3.05, 3.63) is 35.5 Å². The molecule has 2 aliphatic heterocycles. The van der Waals surface area contributed by atoms with Gasteiger partial charge in [0, 0.05) is 55.4 Å². The van der Waals surface area contributed by atoms with Gasteiger partial charge in [0.25, 0.3) is 5.91 Å². The molecule has 26 heavy (non-hydrogen) atoms. The summed E-state index contributed by atoms with van der Waals surface area (Å²) in [6.07, 6.45) is 5.85. The van der Waals surface area contributed by atoms with E-state index in [2.05, 4.69) is 34.0 Å². The molecule has 1 amide bonds. The van der Waals surface area contributed by atoms with Gasteiger partial charge in [-0.2, -0.15) is 0 Å². The van der Waals surface area contributed by atoms with Gasteiger partial charge >= 0.3 is 0 Å². The predicted molar refractivity (Wildman–Crippen MR) is 105 cm³/mol. The van der Waals surface area contributed by atoms with Crippen molar-refractivity contribution in [1.82, 2.24) is 19.7 Å². The lowest BCUT2D eigenvalue weighted by atomic mass is 10.0. The molecule has 0 spiro atoms. The van der Waals surface area contributed by atoms with Crippen molar-refractivity contribution < 1.29 is 4.79 Å². The molecule has 5 heteroatoms. The second kappa shape index (κ2) is 7.80. The standard InChI is InChI=1S/C21H30N4O/c1-2-8-23-11-13-25(14-12-23)21(26)18-6-5-7-19-20(18)17(15-22-19)16-24-9-3-4-10-24/h5-7,15,22H,2-4,8-14,16H2,1H3. The molecule has 0 saturated carbocycles. The summed E-state index contributed by atoms with van der Waals surface area (Å²) in [6.45, 7) is 10.3. The van der Waals surface area contributed by atoms with E-state index in [1.165, 1.54) is 37.9 Å². The number of piperazine rings is 1. The maximum atomic E-state index is 13.2. The highest BCUT2D eigenvalue weighted by Gasteiger charge is 2.24. The number of nitrogens with zero attached hydrogens (tertiary/aromatic N) is 3. The van der Waals surface area contributed by atoms with Crippen LogP contribution in [0.2, 0.25) is 0 Å². The molecule has 1 aromatic heterocycles. The van der Waals surface area contributed by atoms with Crippen LogP contribution in [0.15, 0.2) is 24.4 Å². The average Bonchev–Trinajstić information content (AvgIpc) is 3.33. The fraction of sp³-hybridized carbons (Fsp3) is 0.571. The number of benzene rings is 1. The third kappa shape index (κ3) is 3.51. The fourth-order valence-corrected chi connectivity index (χ4v) is 4.40. The average molecular weight is 354 g/mol. The number of hydrogen-bond donors (Lipinski definition) is 1. The first-order valence-corrected chi connectivity index (χ1v) is 10.1. The molecule has 0 aliphatic carbocycles. The van der Waals surface area contributed by atoms with Crippen LogP contribution in [0.4, 0.5) is 0 Å². The molecule has 0 bridgehead atoms. The van der Waals surface area contributed by atoms with Crippen molar-refractivity contribution in [2.45, 2.75) is 32.7 Å². The van der Waals surface area contributed by atoms with Crippen molar-refractivity contribution in [3.8, 4) is 0 Å². The molecule has 0 radical (unpaired) electrons. The van der Waals surface area contributed by atoms with Crippen LogP contribution in [0.3, 0.4) is 0 Å². The minimum Gasteiger partial charge on any atom is -0.361 e. The third-order valence-electron chi connectivity index (χ3n) is 5.81. The van der Waals surface area contributed by atoms with E-state index in [0.29, 0.717) is 0 Å². The molecule has 2 fully saturated rings. The number of carbonyl (C=O) groups excluding carboxylic acids is 1. The zero-order valence-electron chi connectivity index (χ0n) is 15.8. The minimum absolute atomic E-state index is 0.189. The molecule has 5 nitrogen and oxygen atoms in total. The van der Waals surface area contributed by atoms with E-state index in [4.69, 9.17) is 0 Å². The van der Waals surface area contributed by atoms with Crippen LogP contribution >= 0.6 is 0 Å². The minimum atomic E-state index is 0.189. The van der Waals surface area contributed by atoms with Gasteiger partial charge in [-0.1, -0.05) is 13.0 Å². The molecule has 1 aromatic carbocycles. The number of carbonyl (C=O) groups is 1. The normalized spacial score (nSPS) is 19.5. The highest BCUT2D eigenvalue weighted by atomic mass is 16.2. The van der Waals surface area contributed by atoms with Crippen LogP contribution in [0, 0.1) is 0 Å². The van der Waals surface area contributed by atoms with Gasteiger partial charge in [0.15, 0.2) is 0 Å². The Labute approximate surface area is 155 Å². The van der Waals surface area contributed by atoms with Gasteiger partial charge in [-0.25, -0.2) is 0 Å². The maximum absolute atomic E-state index is 13.2. The van der Waals surface area contributed by atoms with E-state index in [1.54, 1.807) is 0 Å². The van der Waals surface area contributed by atoms with Crippen LogP contribution in [0.1, 0.15) is 42.1 Å². The first-order valence-electron chi connectivity index (χ1n) is 10.1. The summed E-state index contributed by atoms with van der Waals surface area (Å²) < 4.78 is 0. The van der Waals surface area contributed by atoms with Crippen LogP contribution in [0.25, 0.3) is 10.9 Å². The summed E-state index contributed by atoms with van der Waals surface area (Å²) in [6, 6.07) is 6.09. The molecule has 4 rings (SSSR count). The van der Waals surface area contributed by atoms with Crippen molar-refractivity contribution in [3.63, 3.8) is 0 Å². The molecule has 1 N–H and O–H groups in total. The van der Waals surface area contributed by atoms with Gasteiger partial charge in [-0.3, -0.25) is 14.6 Å². The van der Waals surface area contributed by atoms with E-state index in [9.17, 15) is 4.79 Å². The van der Waals surface area contributed by atoms with Crippen molar-refractivity contribution in [2.75, 3.05) is 45.8 Å². The summed E-state index contributed by atoms with van der Waals surface area (Å²) in [4.78, 5) is 23.6. The van der Waals surface area contributed by atoms with Crippen LogP contribution in [-0.4, -0.2) is 71.4 Å². The predicted octanol–water partition coefficient (Wildman–Crippen LogP) is 2.93. The van der Waals surface area contributed by atoms with Crippen molar-refractivity contribution in [1.29, 1.82) is 0 Å². The molecule has 2 saturated heterocycles. The Balaban J connectivity index is 1.55. The van der Waals surface area contributed by atoms with Gasteiger partial charge in [0.1, 0.15) is 0 Å². The highest BCUT2D eigenvalue weighted by Crippen LogP contribution is 2.26. The van der Waals surface area contributed by atoms with Gasteiger partial charge in [-0.15, -0.1) is 0 Å². The van der Waals surface area contributed by atoms with Crippen LogP contribution in [0.5, 0.6) is 0 Å². The number of rotatable bonds is 5. The first kappa shape index (κ1) is 17.6. The Morgan fingerprint density at radius 3 is 2.54 bits per heavy atom. The van der Waals surface area contributed by atoms with E-state index in [0.717, 1.165) is 55.7 Å². The molecule has 2 aliphatic rings. The lowest BCUT2D eigenvalue weighted by Crippen LogP contribution is -2.48. The molecule has 140 valence electrons. The smallest absolute Gasteiger partial charge is 0.254 e. The van der Waals surface area contributed by atoms with E-state index in [1.807, 2.05) is 17.0 Å². The lowest BCUT2D eigenvalue weighted by Gasteiger charge is -2.34. The number of likely N-dealkylation sites (tertiary alicyclic amines) is 1. The number of amides is 1. The first-order chi connectivity index (χ1) is 12.8. The van der Waals surface area contributed by atoms with Crippen LogP contribution < -0.4 is 0 Å². The summed E-state index contributed by atoms with van der Waals surface area (Å²) in [5.41, 5.74) is 3.20.